The molecule has 1 aliphatic heterocycles. The summed E-state index contributed by atoms with van der Waals surface area (Å²) in [5, 5.41) is 4.21. The Morgan fingerprint density at radius 1 is 1.12 bits per heavy atom. The number of aryl methyl sites for hydroxylation is 3. The summed E-state index contributed by atoms with van der Waals surface area (Å²) < 4.78 is 29.6. The highest BCUT2D eigenvalue weighted by Gasteiger charge is 2.31. The molecule has 0 N–H and O–H groups in total. The molecule has 174 valence electrons. The minimum atomic E-state index is -3.53. The normalized spacial score (nSPS) is 17.3. The van der Waals surface area contributed by atoms with Crippen LogP contribution in [0.5, 0.6) is 0 Å². The second-order valence-electron chi connectivity index (χ2n) is 9.09. The summed E-state index contributed by atoms with van der Waals surface area (Å²) in [6.45, 7) is 6.61. The van der Waals surface area contributed by atoms with E-state index in [2.05, 4.69) is 23.8 Å². The van der Waals surface area contributed by atoms with Crippen molar-refractivity contribution < 1.29 is 13.2 Å². The molecule has 4 rings (SSSR count). The van der Waals surface area contributed by atoms with E-state index in [0.717, 1.165) is 30.4 Å². The number of benzene rings is 1. The lowest BCUT2D eigenvalue weighted by atomic mass is 10.1. The van der Waals surface area contributed by atoms with Gasteiger partial charge in [-0.15, -0.1) is 0 Å². The van der Waals surface area contributed by atoms with E-state index >= 15 is 0 Å². The first-order valence-corrected chi connectivity index (χ1v) is 12.8. The number of rotatable bonds is 7. The van der Waals surface area contributed by atoms with Gasteiger partial charge in [0, 0.05) is 57.6 Å². The van der Waals surface area contributed by atoms with E-state index in [1.54, 1.807) is 15.6 Å². The standard InChI is InChI=1S/C23H33N5O3S/c1-18(2)27(16-19-14-24-25(3)15-19)17-23(29)26-9-11-28(12-10-26)32(30,31)22-8-7-20-5-4-6-21(20)13-22/h7-8,13-15,18H,4-6,9-12,16-17H2,1-3H3. The fourth-order valence-corrected chi connectivity index (χ4v) is 5.99. The van der Waals surface area contributed by atoms with Crippen LogP contribution in [0.3, 0.4) is 0 Å². The number of nitrogens with zero attached hydrogens (tertiary/aromatic N) is 5. The third kappa shape index (κ3) is 4.89. The Bertz CT molecular complexity index is 1070. The zero-order valence-electron chi connectivity index (χ0n) is 19.2. The monoisotopic (exact) mass is 459 g/mol. The molecule has 8 nitrogen and oxygen atoms in total. The smallest absolute Gasteiger partial charge is 0.243 e. The molecule has 0 bridgehead atoms. The fourth-order valence-electron chi connectivity index (χ4n) is 4.52. The van der Waals surface area contributed by atoms with Crippen molar-refractivity contribution >= 4 is 15.9 Å². The number of carbonyl (C=O) groups excluding carboxylic acids is 1. The van der Waals surface area contributed by atoms with Gasteiger partial charge in [0.25, 0.3) is 0 Å². The molecule has 1 amide bonds. The lowest BCUT2D eigenvalue weighted by molar-refractivity contribution is -0.134. The average molecular weight is 460 g/mol. The van der Waals surface area contributed by atoms with Gasteiger partial charge in [0.15, 0.2) is 0 Å². The van der Waals surface area contributed by atoms with Crippen LogP contribution in [0.4, 0.5) is 0 Å². The van der Waals surface area contributed by atoms with Gasteiger partial charge >= 0.3 is 0 Å². The van der Waals surface area contributed by atoms with Crippen LogP contribution in [-0.2, 0) is 41.3 Å². The molecule has 0 atom stereocenters. The SMILES string of the molecule is CC(C)N(CC(=O)N1CCN(S(=O)(=O)c2ccc3c(c2)CCC3)CC1)Cc1cnn(C)c1. The van der Waals surface area contributed by atoms with E-state index in [9.17, 15) is 13.2 Å². The van der Waals surface area contributed by atoms with Crippen molar-refractivity contribution in [1.82, 2.24) is 23.9 Å². The number of hydrogen-bond acceptors (Lipinski definition) is 5. The summed E-state index contributed by atoms with van der Waals surface area (Å²) in [6, 6.07) is 5.74. The van der Waals surface area contributed by atoms with Crippen molar-refractivity contribution in [3.63, 3.8) is 0 Å². The van der Waals surface area contributed by atoms with Crippen molar-refractivity contribution in [1.29, 1.82) is 0 Å². The number of aromatic nitrogens is 2. The first-order valence-electron chi connectivity index (χ1n) is 11.4. The number of hydrogen-bond donors (Lipinski definition) is 0. The van der Waals surface area contributed by atoms with Crippen molar-refractivity contribution in [3.8, 4) is 0 Å². The molecule has 1 aromatic heterocycles. The third-order valence-corrected chi connectivity index (χ3v) is 8.41. The molecule has 1 fully saturated rings. The predicted octanol–water partition coefficient (Wildman–Crippen LogP) is 1.65. The molecular weight excluding hydrogens is 426 g/mol. The summed E-state index contributed by atoms with van der Waals surface area (Å²) in [6.07, 6.45) is 6.86. The lowest BCUT2D eigenvalue weighted by Crippen LogP contribution is -2.53. The molecule has 1 aliphatic carbocycles. The molecule has 0 unspecified atom stereocenters. The quantitative estimate of drug-likeness (QED) is 0.629. The largest absolute Gasteiger partial charge is 0.339 e. The zero-order valence-corrected chi connectivity index (χ0v) is 20.0. The summed E-state index contributed by atoms with van der Waals surface area (Å²) in [5.74, 6) is 0.0390. The molecule has 32 heavy (non-hydrogen) atoms. The van der Waals surface area contributed by atoms with Crippen LogP contribution in [0.1, 0.15) is 37.0 Å². The molecule has 2 aromatic rings. The first kappa shape index (κ1) is 22.9. The molecular formula is C23H33N5O3S. The maximum atomic E-state index is 13.1. The molecule has 2 heterocycles. The van der Waals surface area contributed by atoms with Crippen LogP contribution in [0.15, 0.2) is 35.5 Å². The van der Waals surface area contributed by atoms with Gasteiger partial charge in [-0.25, -0.2) is 8.42 Å². The maximum absolute atomic E-state index is 13.1. The summed E-state index contributed by atoms with van der Waals surface area (Å²) in [7, 11) is -1.65. The Balaban J connectivity index is 1.35. The predicted molar refractivity (Wildman–Crippen MR) is 123 cm³/mol. The Morgan fingerprint density at radius 2 is 1.84 bits per heavy atom. The Hall–Kier alpha value is -2.23. The Morgan fingerprint density at radius 3 is 2.50 bits per heavy atom. The van der Waals surface area contributed by atoms with Crippen LogP contribution in [0, 0.1) is 0 Å². The number of carbonyl (C=O) groups is 1. The minimum absolute atomic E-state index is 0.0390. The van der Waals surface area contributed by atoms with Gasteiger partial charge in [-0.05, 0) is 56.4 Å². The number of amides is 1. The highest BCUT2D eigenvalue weighted by atomic mass is 32.2. The van der Waals surface area contributed by atoms with Crippen LogP contribution >= 0.6 is 0 Å². The maximum Gasteiger partial charge on any atom is 0.243 e. The third-order valence-electron chi connectivity index (χ3n) is 6.51. The number of piperazine rings is 1. The van der Waals surface area contributed by atoms with Gasteiger partial charge in [-0.2, -0.15) is 9.40 Å². The van der Waals surface area contributed by atoms with Crippen LogP contribution in [0.2, 0.25) is 0 Å². The molecule has 1 saturated heterocycles. The molecule has 0 saturated carbocycles. The summed E-state index contributed by atoms with van der Waals surface area (Å²) in [5.41, 5.74) is 3.49. The van der Waals surface area contributed by atoms with Gasteiger partial charge < -0.3 is 4.90 Å². The Kier molecular flexibility index (Phi) is 6.69. The van der Waals surface area contributed by atoms with Crippen LogP contribution in [0.25, 0.3) is 0 Å². The second-order valence-corrected chi connectivity index (χ2v) is 11.0. The lowest BCUT2D eigenvalue weighted by Gasteiger charge is -2.36. The Labute approximate surface area is 190 Å². The number of sulfonamides is 1. The van der Waals surface area contributed by atoms with E-state index in [0.29, 0.717) is 44.2 Å². The number of fused-ring (bicyclic) bond motifs is 1. The van der Waals surface area contributed by atoms with E-state index in [1.165, 1.54) is 9.87 Å². The second kappa shape index (κ2) is 9.33. The van der Waals surface area contributed by atoms with Gasteiger partial charge in [0.2, 0.25) is 15.9 Å². The molecule has 0 spiro atoms. The van der Waals surface area contributed by atoms with E-state index < -0.39 is 10.0 Å². The zero-order chi connectivity index (χ0) is 22.9. The van der Waals surface area contributed by atoms with Crippen LogP contribution in [-0.4, -0.2) is 77.0 Å². The molecule has 0 radical (unpaired) electrons. The van der Waals surface area contributed by atoms with E-state index in [1.807, 2.05) is 31.6 Å². The van der Waals surface area contributed by atoms with E-state index in [-0.39, 0.29) is 11.9 Å². The molecule has 2 aliphatic rings. The average Bonchev–Trinajstić information content (AvgIpc) is 3.41. The van der Waals surface area contributed by atoms with Crippen molar-refractivity contribution in [2.45, 2.75) is 50.6 Å². The fraction of sp³-hybridized carbons (Fsp3) is 0.565. The van der Waals surface area contributed by atoms with Gasteiger partial charge in [-0.1, -0.05) is 6.07 Å². The summed E-state index contributed by atoms with van der Waals surface area (Å²) >= 11 is 0. The van der Waals surface area contributed by atoms with Gasteiger partial charge in [0.1, 0.15) is 0 Å². The van der Waals surface area contributed by atoms with E-state index in [4.69, 9.17) is 0 Å². The topological polar surface area (TPSA) is 78.8 Å². The summed E-state index contributed by atoms with van der Waals surface area (Å²) in [4.78, 5) is 17.2. The minimum Gasteiger partial charge on any atom is -0.339 e. The van der Waals surface area contributed by atoms with Crippen LogP contribution < -0.4 is 0 Å². The van der Waals surface area contributed by atoms with Crippen molar-refractivity contribution in [2.75, 3.05) is 32.7 Å². The van der Waals surface area contributed by atoms with Crippen molar-refractivity contribution in [3.05, 3.63) is 47.3 Å². The molecule has 9 heteroatoms. The van der Waals surface area contributed by atoms with Gasteiger partial charge in [-0.3, -0.25) is 14.4 Å². The molecule has 1 aromatic carbocycles. The first-order chi connectivity index (χ1) is 15.2. The highest BCUT2D eigenvalue weighted by Crippen LogP contribution is 2.26. The van der Waals surface area contributed by atoms with Gasteiger partial charge in [0.05, 0.1) is 17.6 Å². The highest BCUT2D eigenvalue weighted by molar-refractivity contribution is 7.89. The van der Waals surface area contributed by atoms with Crippen molar-refractivity contribution in [2.24, 2.45) is 7.05 Å².